The molecule has 3 aliphatic rings. The quantitative estimate of drug-likeness (QED) is 0.207. The first-order chi connectivity index (χ1) is 22.9. The Kier molecular flexibility index (Phi) is 10.9. The fourth-order valence-corrected chi connectivity index (χ4v) is 7.34. The van der Waals surface area contributed by atoms with Crippen LogP contribution in [0.4, 0.5) is 5.82 Å². The molecule has 6 rings (SSSR count). The molecule has 0 atom stereocenters. The highest BCUT2D eigenvalue weighted by Crippen LogP contribution is 2.41. The van der Waals surface area contributed by atoms with Crippen LogP contribution in [-0.4, -0.2) is 58.7 Å². The number of carbonyl (C=O) groups is 2. The molecule has 0 saturated heterocycles. The molecule has 2 amide bonds. The number of methoxy groups -OCH3 is 1. The van der Waals surface area contributed by atoms with E-state index in [9.17, 15) is 9.59 Å². The number of amides is 2. The maximum Gasteiger partial charge on any atom is 0.231 e. The lowest BCUT2D eigenvalue weighted by Crippen LogP contribution is -2.42. The molecule has 0 aromatic carbocycles. The SMILES string of the molecule is COc1ccc([C@H]2CC[C@H](CN(c3cc(-c4coc(C5CC5)n4)ccn3)C(=O)[C@H]3CC[C@H](CC(=O)NCCCO)CC3)CC2)nc1C. The zero-order valence-electron chi connectivity index (χ0n) is 27.8. The predicted octanol–water partition coefficient (Wildman–Crippen LogP) is 6.33. The number of aromatic nitrogens is 3. The number of aryl methyl sites for hydroxylation is 1. The van der Waals surface area contributed by atoms with Crippen LogP contribution in [0.5, 0.6) is 5.75 Å². The van der Waals surface area contributed by atoms with Gasteiger partial charge in [-0.1, -0.05) is 0 Å². The lowest BCUT2D eigenvalue weighted by molar-refractivity contribution is -0.124. The van der Waals surface area contributed by atoms with E-state index in [1.807, 2.05) is 30.0 Å². The van der Waals surface area contributed by atoms with Crippen molar-refractivity contribution >= 4 is 17.6 Å². The van der Waals surface area contributed by atoms with Crippen molar-refractivity contribution in [3.63, 3.8) is 0 Å². The van der Waals surface area contributed by atoms with E-state index in [0.717, 1.165) is 98.5 Å². The highest BCUT2D eigenvalue weighted by Gasteiger charge is 2.34. The van der Waals surface area contributed by atoms with Crippen LogP contribution in [0, 0.1) is 24.7 Å². The van der Waals surface area contributed by atoms with Gasteiger partial charge in [-0.2, -0.15) is 0 Å². The van der Waals surface area contributed by atoms with Gasteiger partial charge < -0.3 is 19.6 Å². The van der Waals surface area contributed by atoms with E-state index >= 15 is 0 Å². The zero-order valence-corrected chi connectivity index (χ0v) is 27.8. The normalized spacial score (nSPS) is 22.9. The minimum absolute atomic E-state index is 0.0316. The lowest BCUT2D eigenvalue weighted by Gasteiger charge is -2.35. The van der Waals surface area contributed by atoms with Crippen LogP contribution in [0.25, 0.3) is 11.3 Å². The van der Waals surface area contributed by atoms with E-state index in [1.54, 1.807) is 19.6 Å². The minimum Gasteiger partial charge on any atom is -0.495 e. The average Bonchev–Trinajstić information content (AvgIpc) is 3.83. The van der Waals surface area contributed by atoms with Crippen molar-refractivity contribution in [2.24, 2.45) is 17.8 Å². The smallest absolute Gasteiger partial charge is 0.231 e. The van der Waals surface area contributed by atoms with E-state index < -0.39 is 0 Å². The van der Waals surface area contributed by atoms with E-state index in [1.165, 1.54) is 0 Å². The van der Waals surface area contributed by atoms with Crippen molar-refractivity contribution in [3.05, 3.63) is 54.0 Å². The maximum absolute atomic E-state index is 14.3. The number of hydrogen-bond donors (Lipinski definition) is 2. The molecule has 3 heterocycles. The van der Waals surface area contributed by atoms with Gasteiger partial charge in [0.2, 0.25) is 11.8 Å². The Labute approximate surface area is 277 Å². The van der Waals surface area contributed by atoms with Gasteiger partial charge in [-0.25, -0.2) is 9.97 Å². The average molecular weight is 644 g/mol. The molecule has 3 aromatic heterocycles. The first kappa shape index (κ1) is 33.1. The van der Waals surface area contributed by atoms with Gasteiger partial charge >= 0.3 is 0 Å². The summed E-state index contributed by atoms with van der Waals surface area (Å²) in [5.41, 5.74) is 3.73. The van der Waals surface area contributed by atoms with Crippen molar-refractivity contribution in [2.75, 3.05) is 31.7 Å². The first-order valence-corrected chi connectivity index (χ1v) is 17.5. The molecule has 0 unspecified atom stereocenters. The molecule has 0 spiro atoms. The Morgan fingerprint density at radius 1 is 0.979 bits per heavy atom. The second-order valence-electron chi connectivity index (χ2n) is 13.8. The molecule has 252 valence electrons. The van der Waals surface area contributed by atoms with Gasteiger partial charge in [-0.05, 0) is 114 Å². The second-order valence-corrected chi connectivity index (χ2v) is 13.8. The van der Waals surface area contributed by atoms with Crippen molar-refractivity contribution in [3.8, 4) is 17.0 Å². The van der Waals surface area contributed by atoms with Crippen LogP contribution < -0.4 is 15.0 Å². The van der Waals surface area contributed by atoms with Crippen molar-refractivity contribution in [1.29, 1.82) is 0 Å². The van der Waals surface area contributed by atoms with Gasteiger partial charge in [0, 0.05) is 61.3 Å². The molecule has 47 heavy (non-hydrogen) atoms. The van der Waals surface area contributed by atoms with Gasteiger partial charge in [0.25, 0.3) is 0 Å². The minimum atomic E-state index is -0.0921. The number of aliphatic hydroxyl groups excluding tert-OH is 1. The highest BCUT2D eigenvalue weighted by atomic mass is 16.5. The molecule has 3 aliphatic carbocycles. The lowest BCUT2D eigenvalue weighted by atomic mass is 9.78. The van der Waals surface area contributed by atoms with Crippen LogP contribution in [0.3, 0.4) is 0 Å². The van der Waals surface area contributed by atoms with Crippen LogP contribution in [-0.2, 0) is 9.59 Å². The molecule has 3 saturated carbocycles. The van der Waals surface area contributed by atoms with E-state index in [-0.39, 0.29) is 30.3 Å². The summed E-state index contributed by atoms with van der Waals surface area (Å²) in [4.78, 5) is 43.0. The van der Waals surface area contributed by atoms with Gasteiger partial charge in [0.05, 0.1) is 12.8 Å². The van der Waals surface area contributed by atoms with Crippen molar-refractivity contribution < 1.29 is 23.8 Å². The number of pyridine rings is 2. The number of nitrogens with one attached hydrogen (secondary N) is 1. The third-order valence-corrected chi connectivity index (χ3v) is 10.3. The molecular weight excluding hydrogens is 594 g/mol. The second kappa shape index (κ2) is 15.4. The molecule has 0 radical (unpaired) electrons. The number of rotatable bonds is 13. The zero-order chi connectivity index (χ0) is 32.8. The maximum atomic E-state index is 14.3. The molecule has 10 nitrogen and oxygen atoms in total. The Bertz CT molecular complexity index is 1500. The largest absolute Gasteiger partial charge is 0.495 e. The standard InChI is InChI=1S/C37H49N5O5/c1-24-33(46-2)15-14-31(40-24)27-8-6-26(7-9-27)22-42(34-21-30(16-18-38-34)32-23-47-36(41-32)28-12-13-28)37(45)29-10-4-25(5-11-29)20-35(44)39-17-3-19-43/h14-16,18,21,23,25-29,43H,3-13,17,19-20,22H2,1-2H3,(H,39,44)/t25-,26-,27-,29-. The Morgan fingerprint density at radius 3 is 2.43 bits per heavy atom. The van der Waals surface area contributed by atoms with Gasteiger partial charge in [0.15, 0.2) is 5.89 Å². The number of anilines is 1. The highest BCUT2D eigenvalue weighted by molar-refractivity contribution is 5.94. The fourth-order valence-electron chi connectivity index (χ4n) is 7.34. The number of aliphatic hydroxyl groups is 1. The number of oxazole rings is 1. The van der Waals surface area contributed by atoms with Crippen molar-refractivity contribution in [2.45, 2.75) is 95.8 Å². The molecule has 0 aliphatic heterocycles. The van der Waals surface area contributed by atoms with E-state index in [0.29, 0.717) is 49.5 Å². The first-order valence-electron chi connectivity index (χ1n) is 17.5. The Morgan fingerprint density at radius 2 is 1.72 bits per heavy atom. The summed E-state index contributed by atoms with van der Waals surface area (Å²) in [6.07, 6.45) is 14.1. The summed E-state index contributed by atoms with van der Waals surface area (Å²) >= 11 is 0. The van der Waals surface area contributed by atoms with Crippen LogP contribution in [0.1, 0.15) is 106 Å². The Hall–Kier alpha value is -3.79. The van der Waals surface area contributed by atoms with Crippen molar-refractivity contribution in [1.82, 2.24) is 20.3 Å². The number of ether oxygens (including phenoxy) is 1. The molecule has 0 bridgehead atoms. The number of carbonyl (C=O) groups excluding carboxylic acids is 2. The topological polar surface area (TPSA) is 131 Å². The van der Waals surface area contributed by atoms with Crippen LogP contribution in [0.15, 0.2) is 41.1 Å². The summed E-state index contributed by atoms with van der Waals surface area (Å²) in [5.74, 6) is 3.84. The summed E-state index contributed by atoms with van der Waals surface area (Å²) in [6, 6.07) is 8.04. The van der Waals surface area contributed by atoms with Crippen LogP contribution >= 0.6 is 0 Å². The number of hydrogen-bond acceptors (Lipinski definition) is 8. The molecule has 2 N–H and O–H groups in total. The summed E-state index contributed by atoms with van der Waals surface area (Å²) < 4.78 is 11.2. The molecule has 3 fully saturated rings. The summed E-state index contributed by atoms with van der Waals surface area (Å²) in [5, 5.41) is 11.9. The van der Waals surface area contributed by atoms with Gasteiger partial charge in [0.1, 0.15) is 23.5 Å². The predicted molar refractivity (Wildman–Crippen MR) is 179 cm³/mol. The molecule has 3 aromatic rings. The van der Waals surface area contributed by atoms with Gasteiger partial charge in [-0.15, -0.1) is 0 Å². The summed E-state index contributed by atoms with van der Waals surface area (Å²) in [7, 11) is 1.68. The third-order valence-electron chi connectivity index (χ3n) is 10.3. The monoisotopic (exact) mass is 643 g/mol. The molecular formula is C37H49N5O5. The Balaban J connectivity index is 1.14. The van der Waals surface area contributed by atoms with E-state index in [2.05, 4.69) is 11.4 Å². The van der Waals surface area contributed by atoms with Gasteiger partial charge in [-0.3, -0.25) is 19.5 Å². The third kappa shape index (κ3) is 8.39. The summed E-state index contributed by atoms with van der Waals surface area (Å²) in [6.45, 7) is 3.20. The fraction of sp³-hybridized carbons (Fsp3) is 0.595. The van der Waals surface area contributed by atoms with Crippen LogP contribution in [0.2, 0.25) is 0 Å². The molecule has 10 heteroatoms. The van der Waals surface area contributed by atoms with E-state index in [4.69, 9.17) is 29.2 Å². The number of nitrogens with zero attached hydrogens (tertiary/aromatic N) is 4.